The summed E-state index contributed by atoms with van der Waals surface area (Å²) in [7, 11) is 0. The molecule has 0 aliphatic heterocycles. The highest BCUT2D eigenvalue weighted by Gasteiger charge is 2.00. The monoisotopic (exact) mass is 273 g/mol. The van der Waals surface area contributed by atoms with E-state index in [0.29, 0.717) is 0 Å². The average molecular weight is 273 g/mol. The summed E-state index contributed by atoms with van der Waals surface area (Å²) < 4.78 is 0. The summed E-state index contributed by atoms with van der Waals surface area (Å²) in [6.45, 7) is 2.26. The molecule has 2 heteroatoms. The zero-order chi connectivity index (χ0) is 13.3. The largest absolute Gasteiger partial charge is 0.255 e. The van der Waals surface area contributed by atoms with Gasteiger partial charge in [-0.15, -0.1) is 11.3 Å². The van der Waals surface area contributed by atoms with E-state index in [0.717, 1.165) is 5.69 Å². The molecule has 0 radical (unpaired) electrons. The van der Waals surface area contributed by atoms with Crippen molar-refractivity contribution in [2.24, 2.45) is 0 Å². The fourth-order valence-corrected chi connectivity index (χ4v) is 2.95. The summed E-state index contributed by atoms with van der Waals surface area (Å²) in [5.74, 6) is 0. The lowest BCUT2D eigenvalue weighted by molar-refractivity contribution is 0.607. The van der Waals surface area contributed by atoms with Gasteiger partial charge in [0.2, 0.25) is 0 Å². The van der Waals surface area contributed by atoms with Gasteiger partial charge in [0.15, 0.2) is 0 Å². The summed E-state index contributed by atoms with van der Waals surface area (Å²) in [5, 5.41) is 2.10. The number of pyridine rings is 1. The Morgan fingerprint density at radius 3 is 2.53 bits per heavy atom. The predicted molar refractivity (Wildman–Crippen MR) is 84.6 cm³/mol. The molecule has 0 saturated heterocycles. The third-order valence-electron chi connectivity index (χ3n) is 3.42. The molecule has 1 nitrogen and oxygen atoms in total. The van der Waals surface area contributed by atoms with Crippen LogP contribution in [0.5, 0.6) is 0 Å². The van der Waals surface area contributed by atoms with Crippen LogP contribution in [-0.4, -0.2) is 4.98 Å². The normalized spacial score (nSPS) is 10.8. The number of aryl methyl sites for hydroxylation is 1. The van der Waals surface area contributed by atoms with Crippen LogP contribution in [0.2, 0.25) is 0 Å². The van der Waals surface area contributed by atoms with Crippen molar-refractivity contribution >= 4 is 11.3 Å². The van der Waals surface area contributed by atoms with Crippen LogP contribution < -0.4 is 0 Å². The van der Waals surface area contributed by atoms with Crippen LogP contribution in [0.25, 0.3) is 10.6 Å². The first-order valence-corrected chi connectivity index (χ1v) is 8.27. The van der Waals surface area contributed by atoms with E-state index in [9.17, 15) is 0 Å². The molecule has 0 aliphatic rings. The second kappa shape index (κ2) is 8.11. The Balaban J connectivity index is 1.73. The minimum Gasteiger partial charge on any atom is -0.255 e. The van der Waals surface area contributed by atoms with E-state index < -0.39 is 0 Å². The lowest BCUT2D eigenvalue weighted by Gasteiger charge is -2.03. The van der Waals surface area contributed by atoms with Crippen molar-refractivity contribution in [2.75, 3.05) is 0 Å². The van der Waals surface area contributed by atoms with Gasteiger partial charge < -0.3 is 0 Å². The minimum absolute atomic E-state index is 1.10. The zero-order valence-corrected chi connectivity index (χ0v) is 12.6. The van der Waals surface area contributed by atoms with E-state index in [4.69, 9.17) is 0 Å². The highest BCUT2D eigenvalue weighted by molar-refractivity contribution is 7.13. The van der Waals surface area contributed by atoms with Gasteiger partial charge in [0, 0.05) is 6.20 Å². The number of nitrogens with zero attached hydrogens (tertiary/aromatic N) is 1. The maximum Gasteiger partial charge on any atom is 0.0801 e. The molecule has 102 valence electrons. The molecule has 0 spiro atoms. The molecule has 0 amide bonds. The molecular formula is C17H23NS. The summed E-state index contributed by atoms with van der Waals surface area (Å²) in [5.41, 5.74) is 2.47. The molecule has 0 fully saturated rings. The molecule has 0 aromatic carbocycles. The summed E-state index contributed by atoms with van der Waals surface area (Å²) in [6, 6.07) is 8.58. The maximum atomic E-state index is 4.56. The molecule has 0 atom stereocenters. The fraction of sp³-hybridized carbons (Fsp3) is 0.471. The second-order valence-electron chi connectivity index (χ2n) is 5.05. The first kappa shape index (κ1) is 14.3. The minimum atomic E-state index is 1.10. The average Bonchev–Trinajstić information content (AvgIpc) is 2.97. The van der Waals surface area contributed by atoms with E-state index in [1.165, 1.54) is 55.4 Å². The first-order valence-electron chi connectivity index (χ1n) is 7.39. The Hall–Kier alpha value is -1.15. The number of unbranched alkanes of at least 4 members (excludes halogenated alkanes) is 5. The number of rotatable bonds is 8. The van der Waals surface area contributed by atoms with Crippen LogP contribution in [0, 0.1) is 0 Å². The van der Waals surface area contributed by atoms with Crippen LogP contribution in [0.3, 0.4) is 0 Å². The van der Waals surface area contributed by atoms with Gasteiger partial charge in [-0.25, -0.2) is 0 Å². The Morgan fingerprint density at radius 2 is 1.84 bits per heavy atom. The van der Waals surface area contributed by atoms with Gasteiger partial charge in [0.25, 0.3) is 0 Å². The third-order valence-corrected chi connectivity index (χ3v) is 4.31. The van der Waals surface area contributed by atoms with Gasteiger partial charge in [0.1, 0.15) is 0 Å². The van der Waals surface area contributed by atoms with Gasteiger partial charge in [-0.05, 0) is 35.9 Å². The summed E-state index contributed by atoms with van der Waals surface area (Å²) >= 11 is 1.75. The highest BCUT2D eigenvalue weighted by atomic mass is 32.1. The van der Waals surface area contributed by atoms with Crippen LogP contribution >= 0.6 is 11.3 Å². The van der Waals surface area contributed by atoms with Crippen LogP contribution in [-0.2, 0) is 6.42 Å². The molecule has 0 unspecified atom stereocenters. The fourth-order valence-electron chi connectivity index (χ4n) is 2.25. The molecule has 0 aliphatic carbocycles. The SMILES string of the molecule is CCCCCCCCc1ccc(-c2cccs2)nc1. The molecule has 2 aromatic rings. The van der Waals surface area contributed by atoms with Gasteiger partial charge in [0.05, 0.1) is 10.6 Å². The number of hydrogen-bond donors (Lipinski definition) is 0. The Morgan fingerprint density at radius 1 is 1.00 bits per heavy atom. The quantitative estimate of drug-likeness (QED) is 0.561. The van der Waals surface area contributed by atoms with Crippen molar-refractivity contribution in [1.82, 2.24) is 4.98 Å². The number of aromatic nitrogens is 1. The number of hydrogen-bond acceptors (Lipinski definition) is 2. The second-order valence-corrected chi connectivity index (χ2v) is 5.99. The summed E-state index contributed by atoms with van der Waals surface area (Å²) in [6.07, 6.45) is 11.4. The van der Waals surface area contributed by atoms with Crippen molar-refractivity contribution in [1.29, 1.82) is 0 Å². The molecule has 0 saturated carbocycles. The summed E-state index contributed by atoms with van der Waals surface area (Å²) in [4.78, 5) is 5.82. The van der Waals surface area contributed by atoms with Gasteiger partial charge >= 0.3 is 0 Å². The Labute approximate surface area is 120 Å². The molecular weight excluding hydrogens is 250 g/mol. The van der Waals surface area contributed by atoms with Crippen molar-refractivity contribution in [3.63, 3.8) is 0 Å². The van der Waals surface area contributed by atoms with Crippen LogP contribution in [0.1, 0.15) is 51.0 Å². The molecule has 0 bridgehead atoms. The van der Waals surface area contributed by atoms with E-state index in [2.05, 4.69) is 41.6 Å². The topological polar surface area (TPSA) is 12.9 Å². The first-order chi connectivity index (χ1) is 9.40. The molecule has 0 N–H and O–H groups in total. The van der Waals surface area contributed by atoms with E-state index in [-0.39, 0.29) is 0 Å². The molecule has 2 aromatic heterocycles. The van der Waals surface area contributed by atoms with Crippen molar-refractivity contribution in [3.8, 4) is 10.6 Å². The Bertz CT molecular complexity index is 445. The predicted octanol–water partition coefficient (Wildman–Crippen LogP) is 5.71. The molecule has 2 rings (SSSR count). The zero-order valence-electron chi connectivity index (χ0n) is 11.8. The van der Waals surface area contributed by atoms with Crippen molar-refractivity contribution in [2.45, 2.75) is 51.9 Å². The maximum absolute atomic E-state index is 4.56. The number of thiophene rings is 1. The van der Waals surface area contributed by atoms with Crippen molar-refractivity contribution in [3.05, 3.63) is 41.4 Å². The molecule has 19 heavy (non-hydrogen) atoms. The van der Waals surface area contributed by atoms with Crippen molar-refractivity contribution < 1.29 is 0 Å². The highest BCUT2D eigenvalue weighted by Crippen LogP contribution is 2.22. The Kier molecular flexibility index (Phi) is 6.09. The lowest BCUT2D eigenvalue weighted by atomic mass is 10.1. The molecule has 2 heterocycles. The van der Waals surface area contributed by atoms with Crippen LogP contribution in [0.4, 0.5) is 0 Å². The smallest absolute Gasteiger partial charge is 0.0801 e. The van der Waals surface area contributed by atoms with Gasteiger partial charge in [-0.1, -0.05) is 51.2 Å². The van der Waals surface area contributed by atoms with Gasteiger partial charge in [-0.3, -0.25) is 4.98 Å². The third kappa shape index (κ3) is 4.79. The van der Waals surface area contributed by atoms with E-state index >= 15 is 0 Å². The van der Waals surface area contributed by atoms with E-state index in [1.807, 2.05) is 6.20 Å². The van der Waals surface area contributed by atoms with Gasteiger partial charge in [-0.2, -0.15) is 0 Å². The lowest BCUT2D eigenvalue weighted by Crippen LogP contribution is -1.89. The van der Waals surface area contributed by atoms with E-state index in [1.54, 1.807) is 11.3 Å². The standard InChI is InChI=1S/C17H23NS/c1-2-3-4-5-6-7-9-15-11-12-16(18-14-15)17-10-8-13-19-17/h8,10-14H,2-7,9H2,1H3. The van der Waals surface area contributed by atoms with Crippen LogP contribution in [0.15, 0.2) is 35.8 Å².